The molecular weight excluding hydrogens is 256 g/mol. The molecular formula is C14H28N4S. The highest BCUT2D eigenvalue weighted by Gasteiger charge is 2.36. The quantitative estimate of drug-likeness (QED) is 0.609. The van der Waals surface area contributed by atoms with Crippen molar-refractivity contribution in [2.45, 2.75) is 50.1 Å². The second-order valence-electron chi connectivity index (χ2n) is 6.10. The van der Waals surface area contributed by atoms with Gasteiger partial charge >= 0.3 is 0 Å². The van der Waals surface area contributed by atoms with E-state index in [4.69, 9.17) is 5.73 Å². The van der Waals surface area contributed by atoms with E-state index in [1.54, 1.807) is 0 Å². The van der Waals surface area contributed by atoms with Crippen molar-refractivity contribution in [3.8, 4) is 0 Å². The first-order valence-electron chi connectivity index (χ1n) is 7.44. The van der Waals surface area contributed by atoms with E-state index in [0.717, 1.165) is 6.54 Å². The Balaban J connectivity index is 1.85. The zero-order valence-corrected chi connectivity index (χ0v) is 13.1. The molecule has 3 N–H and O–H groups in total. The molecule has 2 fully saturated rings. The molecule has 19 heavy (non-hydrogen) atoms. The van der Waals surface area contributed by atoms with Crippen molar-refractivity contribution in [1.82, 2.24) is 10.2 Å². The normalized spacial score (nSPS) is 29.9. The molecule has 5 heteroatoms. The molecule has 1 saturated carbocycles. The fourth-order valence-electron chi connectivity index (χ4n) is 2.95. The van der Waals surface area contributed by atoms with Gasteiger partial charge in [0.2, 0.25) is 0 Å². The van der Waals surface area contributed by atoms with Crippen LogP contribution in [0.5, 0.6) is 0 Å². The van der Waals surface area contributed by atoms with Gasteiger partial charge < -0.3 is 16.0 Å². The summed E-state index contributed by atoms with van der Waals surface area (Å²) >= 11 is 2.02. The Kier molecular flexibility index (Phi) is 5.39. The number of guanidine groups is 1. The summed E-state index contributed by atoms with van der Waals surface area (Å²) in [6.07, 6.45) is 7.71. The van der Waals surface area contributed by atoms with Crippen LogP contribution in [0.15, 0.2) is 4.99 Å². The maximum atomic E-state index is 6.06. The van der Waals surface area contributed by atoms with Crippen molar-refractivity contribution in [2.75, 3.05) is 32.1 Å². The predicted molar refractivity (Wildman–Crippen MR) is 84.9 cm³/mol. The van der Waals surface area contributed by atoms with E-state index in [9.17, 15) is 0 Å². The largest absolute Gasteiger partial charge is 0.370 e. The Labute approximate surface area is 121 Å². The van der Waals surface area contributed by atoms with Gasteiger partial charge in [0, 0.05) is 17.3 Å². The topological polar surface area (TPSA) is 53.6 Å². The minimum absolute atomic E-state index is 0.212. The molecule has 0 aromatic heterocycles. The van der Waals surface area contributed by atoms with Crippen LogP contribution in [0.4, 0.5) is 0 Å². The molecule has 1 unspecified atom stereocenters. The Morgan fingerprint density at radius 2 is 2.11 bits per heavy atom. The zero-order chi connectivity index (χ0) is 13.7. The number of hydrogen-bond acceptors (Lipinski definition) is 3. The Bertz CT molecular complexity index is 305. The lowest BCUT2D eigenvalue weighted by Gasteiger charge is -2.34. The van der Waals surface area contributed by atoms with Crippen molar-refractivity contribution in [3.05, 3.63) is 0 Å². The van der Waals surface area contributed by atoms with Gasteiger partial charge in [-0.1, -0.05) is 19.3 Å². The van der Waals surface area contributed by atoms with E-state index < -0.39 is 0 Å². The molecule has 110 valence electrons. The first-order chi connectivity index (χ1) is 9.12. The highest BCUT2D eigenvalue weighted by Crippen LogP contribution is 2.32. The van der Waals surface area contributed by atoms with E-state index in [1.165, 1.54) is 50.0 Å². The highest BCUT2D eigenvalue weighted by molar-refractivity contribution is 7.99. The number of nitrogens with one attached hydrogen (secondary N) is 1. The molecule has 1 aliphatic carbocycles. The van der Waals surface area contributed by atoms with E-state index in [1.807, 2.05) is 11.8 Å². The van der Waals surface area contributed by atoms with Crippen molar-refractivity contribution >= 4 is 17.7 Å². The van der Waals surface area contributed by atoms with Gasteiger partial charge in [-0.2, -0.15) is 11.8 Å². The standard InChI is InChI=1S/C14H28N4S/c1-18(2)14(8-9-19-11-14)10-16-13(15)17-12-6-4-3-5-7-12/h12H,3-11H2,1-2H3,(H3,15,16,17). The van der Waals surface area contributed by atoms with E-state index >= 15 is 0 Å². The summed E-state index contributed by atoms with van der Waals surface area (Å²) in [6.45, 7) is 0.818. The number of aliphatic imine (C=N–C) groups is 1. The van der Waals surface area contributed by atoms with Gasteiger partial charge in [0.1, 0.15) is 0 Å². The maximum Gasteiger partial charge on any atom is 0.188 e. The van der Waals surface area contributed by atoms with Crippen molar-refractivity contribution in [1.29, 1.82) is 0 Å². The molecule has 1 saturated heterocycles. The van der Waals surface area contributed by atoms with Crippen LogP contribution in [-0.2, 0) is 0 Å². The lowest BCUT2D eigenvalue weighted by atomic mass is 9.96. The van der Waals surface area contributed by atoms with Crippen LogP contribution < -0.4 is 11.1 Å². The van der Waals surface area contributed by atoms with E-state index in [-0.39, 0.29) is 5.54 Å². The van der Waals surface area contributed by atoms with Crippen molar-refractivity contribution < 1.29 is 0 Å². The minimum atomic E-state index is 0.212. The van der Waals surface area contributed by atoms with Gasteiger partial charge in [0.05, 0.1) is 6.54 Å². The summed E-state index contributed by atoms with van der Waals surface area (Å²) in [4.78, 5) is 6.95. The summed E-state index contributed by atoms with van der Waals surface area (Å²) in [5.41, 5.74) is 6.27. The first-order valence-corrected chi connectivity index (χ1v) is 8.59. The maximum absolute atomic E-state index is 6.06. The second-order valence-corrected chi connectivity index (χ2v) is 7.21. The van der Waals surface area contributed by atoms with Crippen LogP contribution in [-0.4, -0.2) is 54.6 Å². The molecule has 0 radical (unpaired) electrons. The number of nitrogens with zero attached hydrogens (tertiary/aromatic N) is 2. The molecule has 2 aliphatic rings. The van der Waals surface area contributed by atoms with Gasteiger partial charge in [0.25, 0.3) is 0 Å². The Morgan fingerprint density at radius 3 is 2.68 bits per heavy atom. The van der Waals surface area contributed by atoms with Crippen LogP contribution in [0.3, 0.4) is 0 Å². The lowest BCUT2D eigenvalue weighted by Crippen LogP contribution is -2.48. The third kappa shape index (κ3) is 4.02. The van der Waals surface area contributed by atoms with Gasteiger partial charge in [-0.05, 0) is 39.1 Å². The van der Waals surface area contributed by atoms with Gasteiger partial charge in [-0.15, -0.1) is 0 Å². The molecule has 0 spiro atoms. The molecule has 2 rings (SSSR count). The lowest BCUT2D eigenvalue weighted by molar-refractivity contribution is 0.190. The molecule has 0 aromatic rings. The number of hydrogen-bond donors (Lipinski definition) is 2. The molecule has 1 aliphatic heterocycles. The van der Waals surface area contributed by atoms with Gasteiger partial charge in [-0.3, -0.25) is 4.99 Å². The predicted octanol–water partition coefficient (Wildman–Crippen LogP) is 1.66. The summed E-state index contributed by atoms with van der Waals surface area (Å²) in [5, 5.41) is 3.40. The average Bonchev–Trinajstić information content (AvgIpc) is 2.88. The molecule has 1 atom stereocenters. The monoisotopic (exact) mass is 284 g/mol. The van der Waals surface area contributed by atoms with E-state index in [0.29, 0.717) is 12.0 Å². The zero-order valence-electron chi connectivity index (χ0n) is 12.3. The fraction of sp³-hybridized carbons (Fsp3) is 0.929. The molecule has 4 nitrogen and oxygen atoms in total. The number of thioether (sulfide) groups is 1. The smallest absolute Gasteiger partial charge is 0.188 e. The first kappa shape index (κ1) is 15.0. The van der Waals surface area contributed by atoms with Crippen LogP contribution >= 0.6 is 11.8 Å². The van der Waals surface area contributed by atoms with Gasteiger partial charge in [-0.25, -0.2) is 0 Å². The minimum Gasteiger partial charge on any atom is -0.370 e. The molecule has 1 heterocycles. The van der Waals surface area contributed by atoms with Crippen molar-refractivity contribution in [3.63, 3.8) is 0 Å². The van der Waals surface area contributed by atoms with Gasteiger partial charge in [0.15, 0.2) is 5.96 Å². The Morgan fingerprint density at radius 1 is 1.37 bits per heavy atom. The average molecular weight is 284 g/mol. The SMILES string of the molecule is CN(C)C1(CN=C(N)NC2CCCCC2)CCSC1. The van der Waals surface area contributed by atoms with Crippen LogP contribution in [0.1, 0.15) is 38.5 Å². The van der Waals surface area contributed by atoms with Crippen LogP contribution in [0.25, 0.3) is 0 Å². The van der Waals surface area contributed by atoms with Crippen molar-refractivity contribution in [2.24, 2.45) is 10.7 Å². The van der Waals surface area contributed by atoms with Crippen LogP contribution in [0, 0.1) is 0 Å². The summed E-state index contributed by atoms with van der Waals surface area (Å²) in [6, 6.07) is 0.547. The third-order valence-electron chi connectivity index (χ3n) is 4.53. The number of nitrogens with two attached hydrogens (primary N) is 1. The summed E-state index contributed by atoms with van der Waals surface area (Å²) in [5.74, 6) is 3.05. The second kappa shape index (κ2) is 6.84. The third-order valence-corrected chi connectivity index (χ3v) is 5.77. The Hall–Kier alpha value is -0.420. The van der Waals surface area contributed by atoms with Crippen LogP contribution in [0.2, 0.25) is 0 Å². The molecule has 0 aromatic carbocycles. The molecule has 0 amide bonds. The summed E-state index contributed by atoms with van der Waals surface area (Å²) < 4.78 is 0. The number of rotatable bonds is 4. The van der Waals surface area contributed by atoms with E-state index in [2.05, 4.69) is 29.3 Å². The summed E-state index contributed by atoms with van der Waals surface area (Å²) in [7, 11) is 4.32. The number of likely N-dealkylation sites (N-methyl/N-ethyl adjacent to an activating group) is 1. The fourth-order valence-corrected chi connectivity index (χ4v) is 4.49. The molecule has 0 bridgehead atoms. The highest BCUT2D eigenvalue weighted by atomic mass is 32.2.